The highest BCUT2D eigenvalue weighted by atomic mass is 16.5. The molecule has 4 rings (SSSR count). The van der Waals surface area contributed by atoms with E-state index in [1.807, 2.05) is 13.0 Å². The molecule has 6 nitrogen and oxygen atoms in total. The third-order valence-electron chi connectivity index (χ3n) is 6.07. The van der Waals surface area contributed by atoms with Crippen molar-refractivity contribution in [3.8, 4) is 17.6 Å². The van der Waals surface area contributed by atoms with Gasteiger partial charge < -0.3 is 19.7 Å². The van der Waals surface area contributed by atoms with E-state index in [4.69, 9.17) is 9.47 Å². The SMILES string of the molecule is C[C@@](C#N)(NC(=O)C[NH+]1CCC[C@@H]1c1ccc2c(c1)OCCCO2)C1CC1. The summed E-state index contributed by atoms with van der Waals surface area (Å²) in [6.45, 7) is 4.59. The third-order valence-corrected chi connectivity index (χ3v) is 6.07. The van der Waals surface area contributed by atoms with Crippen LogP contribution >= 0.6 is 0 Å². The maximum absolute atomic E-state index is 12.6. The Bertz CT molecular complexity index is 756. The van der Waals surface area contributed by atoms with Crippen molar-refractivity contribution in [3.05, 3.63) is 23.8 Å². The molecule has 144 valence electrons. The largest absolute Gasteiger partial charge is 0.490 e. The van der Waals surface area contributed by atoms with E-state index in [1.165, 1.54) is 10.5 Å². The quantitative estimate of drug-likeness (QED) is 0.821. The van der Waals surface area contributed by atoms with E-state index in [1.54, 1.807) is 0 Å². The summed E-state index contributed by atoms with van der Waals surface area (Å²) in [5.41, 5.74) is 0.478. The molecule has 1 aromatic rings. The standard InChI is InChI=1S/C21H27N3O3/c1-21(14-22,16-6-7-16)23-20(25)13-24-9-2-4-17(24)15-5-8-18-19(12-15)27-11-3-10-26-18/h5,8,12,16-17H,2-4,6-7,9-11,13H2,1H3,(H,23,25)/p+1/t17-,21+/m1/s1. The third kappa shape index (κ3) is 3.89. The number of hydrogen-bond donors (Lipinski definition) is 2. The Balaban J connectivity index is 1.44. The number of rotatable bonds is 5. The first-order valence-corrected chi connectivity index (χ1v) is 10.1. The summed E-state index contributed by atoms with van der Waals surface area (Å²) in [7, 11) is 0. The molecule has 2 heterocycles. The normalized spacial score (nSPS) is 26.5. The van der Waals surface area contributed by atoms with Crippen LogP contribution in [0.2, 0.25) is 0 Å². The van der Waals surface area contributed by atoms with Crippen molar-refractivity contribution in [2.45, 2.75) is 50.6 Å². The molecular weight excluding hydrogens is 342 g/mol. The summed E-state index contributed by atoms with van der Waals surface area (Å²) in [6.07, 6.45) is 5.10. The van der Waals surface area contributed by atoms with Crippen molar-refractivity contribution in [2.75, 3.05) is 26.3 Å². The maximum Gasteiger partial charge on any atom is 0.276 e. The van der Waals surface area contributed by atoms with Gasteiger partial charge in [-0.25, -0.2) is 0 Å². The molecule has 1 aliphatic carbocycles. The van der Waals surface area contributed by atoms with Crippen LogP contribution in [-0.2, 0) is 4.79 Å². The van der Waals surface area contributed by atoms with Crippen molar-refractivity contribution in [1.82, 2.24) is 5.32 Å². The Hall–Kier alpha value is -2.26. The second kappa shape index (κ2) is 7.40. The number of nitrogens with one attached hydrogen (secondary N) is 2. The van der Waals surface area contributed by atoms with Crippen LogP contribution in [0.4, 0.5) is 0 Å². The number of benzene rings is 1. The van der Waals surface area contributed by atoms with E-state index in [9.17, 15) is 10.1 Å². The fourth-order valence-electron chi connectivity index (χ4n) is 4.34. The minimum Gasteiger partial charge on any atom is -0.490 e. The van der Waals surface area contributed by atoms with Crippen LogP contribution < -0.4 is 19.7 Å². The van der Waals surface area contributed by atoms with Gasteiger partial charge in [0.25, 0.3) is 5.91 Å². The molecular formula is C21H28N3O3+. The van der Waals surface area contributed by atoms with Crippen LogP contribution in [0.3, 0.4) is 0 Å². The van der Waals surface area contributed by atoms with Crippen LogP contribution in [0.1, 0.15) is 50.6 Å². The second-order valence-corrected chi connectivity index (χ2v) is 8.17. The minimum atomic E-state index is -0.721. The molecule has 3 aliphatic rings. The molecule has 3 atom stereocenters. The zero-order valence-corrected chi connectivity index (χ0v) is 15.9. The van der Waals surface area contributed by atoms with E-state index in [2.05, 4.69) is 23.5 Å². The molecule has 2 fully saturated rings. The average Bonchev–Trinajstić information content (AvgIpc) is 3.46. The Morgan fingerprint density at radius 2 is 2.04 bits per heavy atom. The Labute approximate surface area is 160 Å². The lowest BCUT2D eigenvalue weighted by Gasteiger charge is -2.26. The molecule has 2 N–H and O–H groups in total. The number of ether oxygens (including phenoxy) is 2. The van der Waals surface area contributed by atoms with Crippen molar-refractivity contribution in [2.24, 2.45) is 5.92 Å². The minimum absolute atomic E-state index is 0.0257. The highest BCUT2D eigenvalue weighted by Gasteiger charge is 2.44. The lowest BCUT2D eigenvalue weighted by Crippen LogP contribution is -3.11. The number of carbonyl (C=O) groups excluding carboxylic acids is 1. The first-order valence-electron chi connectivity index (χ1n) is 10.1. The van der Waals surface area contributed by atoms with E-state index in [0.717, 1.165) is 50.1 Å². The smallest absolute Gasteiger partial charge is 0.276 e. The van der Waals surface area contributed by atoms with Crippen LogP contribution in [0.5, 0.6) is 11.5 Å². The number of likely N-dealkylation sites (tertiary alicyclic amines) is 1. The van der Waals surface area contributed by atoms with Crippen molar-refractivity contribution < 1.29 is 19.2 Å². The topological polar surface area (TPSA) is 75.8 Å². The highest BCUT2D eigenvalue weighted by Crippen LogP contribution is 2.39. The van der Waals surface area contributed by atoms with Gasteiger partial charge in [0.15, 0.2) is 18.0 Å². The lowest BCUT2D eigenvalue weighted by molar-refractivity contribution is -0.910. The van der Waals surface area contributed by atoms with E-state index in [-0.39, 0.29) is 11.9 Å². The number of carbonyl (C=O) groups is 1. The molecule has 1 unspecified atom stereocenters. The van der Waals surface area contributed by atoms with Gasteiger partial charge >= 0.3 is 0 Å². The van der Waals surface area contributed by atoms with E-state index < -0.39 is 5.54 Å². The molecule has 6 heteroatoms. The summed E-state index contributed by atoms with van der Waals surface area (Å²) < 4.78 is 11.6. The molecule has 0 aromatic heterocycles. The van der Waals surface area contributed by atoms with Gasteiger partial charge in [-0.05, 0) is 43.9 Å². The first kappa shape index (κ1) is 18.1. The summed E-state index contributed by atoms with van der Waals surface area (Å²) in [5.74, 6) is 1.90. The maximum atomic E-state index is 12.6. The predicted octanol–water partition coefficient (Wildman–Crippen LogP) is 1.38. The van der Waals surface area contributed by atoms with E-state index in [0.29, 0.717) is 25.7 Å². The molecule has 2 aliphatic heterocycles. The number of fused-ring (bicyclic) bond motifs is 1. The molecule has 0 bridgehead atoms. The van der Waals surface area contributed by atoms with Gasteiger partial charge in [0.05, 0.1) is 25.8 Å². The summed E-state index contributed by atoms with van der Waals surface area (Å²) in [4.78, 5) is 13.9. The van der Waals surface area contributed by atoms with Gasteiger partial charge in [-0.3, -0.25) is 4.79 Å². The Morgan fingerprint density at radius 1 is 1.26 bits per heavy atom. The fraction of sp³-hybridized carbons (Fsp3) is 0.619. The van der Waals surface area contributed by atoms with Gasteiger partial charge in [-0.2, -0.15) is 5.26 Å². The number of amides is 1. The highest BCUT2D eigenvalue weighted by molar-refractivity contribution is 5.78. The number of quaternary nitrogens is 1. The van der Waals surface area contributed by atoms with Gasteiger partial charge in [-0.15, -0.1) is 0 Å². The van der Waals surface area contributed by atoms with Crippen molar-refractivity contribution in [1.29, 1.82) is 5.26 Å². The Morgan fingerprint density at radius 3 is 2.78 bits per heavy atom. The summed E-state index contributed by atoms with van der Waals surface area (Å²) in [5, 5.41) is 12.5. The summed E-state index contributed by atoms with van der Waals surface area (Å²) in [6, 6.07) is 8.76. The predicted molar refractivity (Wildman–Crippen MR) is 99.6 cm³/mol. The number of nitriles is 1. The molecule has 1 saturated heterocycles. The summed E-state index contributed by atoms with van der Waals surface area (Å²) >= 11 is 0. The van der Waals surface area contributed by atoms with Crippen LogP contribution in [-0.4, -0.2) is 37.7 Å². The molecule has 0 radical (unpaired) electrons. The number of nitrogens with zero attached hydrogens (tertiary/aromatic N) is 1. The number of hydrogen-bond acceptors (Lipinski definition) is 4. The molecule has 1 saturated carbocycles. The zero-order chi connectivity index (χ0) is 18.9. The van der Waals surface area contributed by atoms with Gasteiger partial charge in [0.2, 0.25) is 0 Å². The van der Waals surface area contributed by atoms with Crippen molar-refractivity contribution in [3.63, 3.8) is 0 Å². The zero-order valence-electron chi connectivity index (χ0n) is 15.9. The van der Waals surface area contributed by atoms with Crippen molar-refractivity contribution >= 4 is 5.91 Å². The van der Waals surface area contributed by atoms with Gasteiger partial charge in [0, 0.05) is 24.8 Å². The average molecular weight is 370 g/mol. The van der Waals surface area contributed by atoms with E-state index >= 15 is 0 Å². The van der Waals surface area contributed by atoms with Gasteiger partial charge in [0.1, 0.15) is 11.6 Å². The molecule has 0 spiro atoms. The second-order valence-electron chi connectivity index (χ2n) is 8.17. The van der Waals surface area contributed by atoms with Gasteiger partial charge in [-0.1, -0.05) is 0 Å². The molecule has 1 aromatic carbocycles. The van der Waals surface area contributed by atoms with Crippen LogP contribution in [0.15, 0.2) is 18.2 Å². The van der Waals surface area contributed by atoms with Crippen LogP contribution in [0.25, 0.3) is 0 Å². The fourth-order valence-corrected chi connectivity index (χ4v) is 4.34. The Kier molecular flexibility index (Phi) is 4.96. The van der Waals surface area contributed by atoms with Crippen LogP contribution in [0, 0.1) is 17.2 Å². The lowest BCUT2D eigenvalue weighted by atomic mass is 9.98. The monoisotopic (exact) mass is 370 g/mol. The molecule has 27 heavy (non-hydrogen) atoms. The first-order chi connectivity index (χ1) is 13.1. The molecule has 1 amide bonds.